The second-order valence-corrected chi connectivity index (χ2v) is 4.95. The van der Waals surface area contributed by atoms with Gasteiger partial charge in [0.2, 0.25) is 5.91 Å². The molecular weight excluding hydrogens is 226 g/mol. The summed E-state index contributed by atoms with van der Waals surface area (Å²) in [5.41, 5.74) is 0. The fourth-order valence-electron chi connectivity index (χ4n) is 2.10. The number of carbonyl (C=O) groups is 1. The molecule has 1 atom stereocenters. The van der Waals surface area contributed by atoms with Gasteiger partial charge in [0.15, 0.2) is 0 Å². The number of hydrogen-bond acceptors (Lipinski definition) is 2. The van der Waals surface area contributed by atoms with Crippen LogP contribution in [0, 0.1) is 5.92 Å². The second kappa shape index (κ2) is 7.13. The lowest BCUT2D eigenvalue weighted by Gasteiger charge is -2.33. The van der Waals surface area contributed by atoms with Gasteiger partial charge in [0.05, 0.1) is 0 Å². The Labute approximate surface area is 103 Å². The maximum Gasteiger partial charge on any atom is 0.240 e. The lowest BCUT2D eigenvalue weighted by molar-refractivity contribution is -0.132. The number of likely N-dealkylation sites (tertiary alicyclic amines) is 1. The minimum Gasteiger partial charge on any atom is -0.385 e. The normalized spacial score (nSPS) is 19.8. The van der Waals surface area contributed by atoms with Crippen molar-refractivity contribution >= 4 is 17.5 Å². The van der Waals surface area contributed by atoms with Gasteiger partial charge in [-0.25, -0.2) is 0 Å². The van der Waals surface area contributed by atoms with Gasteiger partial charge < -0.3 is 9.64 Å². The third kappa shape index (κ3) is 3.95. The molecule has 0 radical (unpaired) electrons. The highest BCUT2D eigenvalue weighted by Crippen LogP contribution is 2.21. The third-order valence-electron chi connectivity index (χ3n) is 3.28. The van der Waals surface area contributed by atoms with Gasteiger partial charge >= 0.3 is 0 Å². The van der Waals surface area contributed by atoms with E-state index in [9.17, 15) is 4.79 Å². The number of nitrogens with zero attached hydrogens (tertiary/aromatic N) is 1. The van der Waals surface area contributed by atoms with Crippen LogP contribution in [-0.4, -0.2) is 43.0 Å². The lowest BCUT2D eigenvalue weighted by Crippen LogP contribution is -2.42. The molecule has 16 heavy (non-hydrogen) atoms. The first-order valence-electron chi connectivity index (χ1n) is 6.10. The molecule has 0 aromatic carbocycles. The fourth-order valence-corrected chi connectivity index (χ4v) is 2.24. The summed E-state index contributed by atoms with van der Waals surface area (Å²) >= 11 is 5.96. The summed E-state index contributed by atoms with van der Waals surface area (Å²) in [5.74, 6) is 0.814. The van der Waals surface area contributed by atoms with Crippen LogP contribution in [0.2, 0.25) is 0 Å². The van der Waals surface area contributed by atoms with Gasteiger partial charge in [0, 0.05) is 26.8 Å². The van der Waals surface area contributed by atoms with E-state index in [1.807, 2.05) is 11.8 Å². The van der Waals surface area contributed by atoms with E-state index in [2.05, 4.69) is 0 Å². The van der Waals surface area contributed by atoms with Crippen LogP contribution in [0.1, 0.15) is 32.6 Å². The van der Waals surface area contributed by atoms with E-state index in [0.717, 1.165) is 39.0 Å². The first-order valence-corrected chi connectivity index (χ1v) is 6.54. The van der Waals surface area contributed by atoms with Crippen LogP contribution in [-0.2, 0) is 9.53 Å². The number of ether oxygens (including phenoxy) is 1. The van der Waals surface area contributed by atoms with Crippen molar-refractivity contribution in [3.63, 3.8) is 0 Å². The Morgan fingerprint density at radius 2 is 2.12 bits per heavy atom. The molecule has 0 spiro atoms. The van der Waals surface area contributed by atoms with Gasteiger partial charge in [0.1, 0.15) is 5.38 Å². The molecule has 0 saturated carbocycles. The molecule has 0 unspecified atom stereocenters. The molecule has 0 aliphatic carbocycles. The van der Waals surface area contributed by atoms with E-state index in [0.29, 0.717) is 12.3 Å². The molecule has 94 valence electrons. The zero-order chi connectivity index (χ0) is 12.0. The van der Waals surface area contributed by atoms with Crippen LogP contribution in [0.4, 0.5) is 0 Å². The van der Waals surface area contributed by atoms with Gasteiger partial charge in [-0.1, -0.05) is 6.92 Å². The van der Waals surface area contributed by atoms with Crippen LogP contribution in [0.3, 0.4) is 0 Å². The molecule has 0 N–H and O–H groups in total. The van der Waals surface area contributed by atoms with E-state index in [1.54, 1.807) is 7.11 Å². The van der Waals surface area contributed by atoms with Crippen LogP contribution in [0.25, 0.3) is 0 Å². The van der Waals surface area contributed by atoms with Gasteiger partial charge in [-0.3, -0.25) is 4.79 Å². The number of amides is 1. The summed E-state index contributed by atoms with van der Waals surface area (Å²) in [6, 6.07) is 0. The number of hydrogen-bond donors (Lipinski definition) is 0. The zero-order valence-electron chi connectivity index (χ0n) is 10.2. The van der Waals surface area contributed by atoms with Crippen molar-refractivity contribution in [3.05, 3.63) is 0 Å². The molecule has 0 bridgehead atoms. The summed E-state index contributed by atoms with van der Waals surface area (Å²) in [6.45, 7) is 4.49. The van der Waals surface area contributed by atoms with Crippen molar-refractivity contribution in [3.8, 4) is 0 Å². The molecule has 1 fully saturated rings. The summed E-state index contributed by atoms with van der Waals surface area (Å²) in [6.07, 6.45) is 3.99. The molecule has 0 aromatic heterocycles. The molecule has 0 aromatic rings. The zero-order valence-corrected chi connectivity index (χ0v) is 11.0. The molecule has 1 rings (SSSR count). The van der Waals surface area contributed by atoms with Crippen molar-refractivity contribution in [1.29, 1.82) is 0 Å². The quantitative estimate of drug-likeness (QED) is 0.698. The molecule has 1 aliphatic rings. The lowest BCUT2D eigenvalue weighted by atomic mass is 9.94. The largest absolute Gasteiger partial charge is 0.385 e. The van der Waals surface area contributed by atoms with Gasteiger partial charge in [-0.05, 0) is 31.6 Å². The van der Waals surface area contributed by atoms with Crippen LogP contribution < -0.4 is 0 Å². The van der Waals surface area contributed by atoms with Crippen molar-refractivity contribution in [1.82, 2.24) is 4.90 Å². The van der Waals surface area contributed by atoms with Gasteiger partial charge in [-0.2, -0.15) is 0 Å². The highest BCUT2D eigenvalue weighted by Gasteiger charge is 2.25. The van der Waals surface area contributed by atoms with E-state index < -0.39 is 0 Å². The monoisotopic (exact) mass is 247 g/mol. The van der Waals surface area contributed by atoms with Crippen molar-refractivity contribution < 1.29 is 9.53 Å². The van der Waals surface area contributed by atoms with Gasteiger partial charge in [0.25, 0.3) is 0 Å². The van der Waals surface area contributed by atoms with E-state index in [1.165, 1.54) is 0 Å². The van der Waals surface area contributed by atoms with Crippen molar-refractivity contribution in [2.45, 2.75) is 38.0 Å². The molecule has 4 heteroatoms. The topological polar surface area (TPSA) is 29.5 Å². The summed E-state index contributed by atoms with van der Waals surface area (Å²) in [4.78, 5) is 13.7. The molecule has 1 heterocycles. The first kappa shape index (κ1) is 13.8. The first-order chi connectivity index (χ1) is 7.69. The Balaban J connectivity index is 2.28. The predicted octanol–water partition coefficient (Wildman–Crippen LogP) is 2.28. The number of rotatable bonds is 5. The average molecular weight is 248 g/mol. The highest BCUT2D eigenvalue weighted by atomic mass is 35.5. The van der Waals surface area contributed by atoms with Crippen LogP contribution in [0.5, 0.6) is 0 Å². The van der Waals surface area contributed by atoms with Crippen LogP contribution >= 0.6 is 11.6 Å². The van der Waals surface area contributed by atoms with E-state index in [4.69, 9.17) is 16.3 Å². The Bertz CT molecular complexity index is 215. The van der Waals surface area contributed by atoms with Crippen molar-refractivity contribution in [2.75, 3.05) is 26.8 Å². The number of carbonyl (C=O) groups excluding carboxylic acids is 1. The Kier molecular flexibility index (Phi) is 6.14. The number of piperidine rings is 1. The van der Waals surface area contributed by atoms with Crippen molar-refractivity contribution in [2.24, 2.45) is 5.92 Å². The Morgan fingerprint density at radius 1 is 1.50 bits per heavy atom. The van der Waals surface area contributed by atoms with E-state index in [-0.39, 0.29) is 11.3 Å². The SMILES string of the molecule is CC[C@@H](Cl)C(=O)N1CCC(CCOC)CC1. The molecule has 1 saturated heterocycles. The highest BCUT2D eigenvalue weighted by molar-refractivity contribution is 6.30. The summed E-state index contributed by atoms with van der Waals surface area (Å²) in [7, 11) is 1.73. The molecule has 3 nitrogen and oxygen atoms in total. The second-order valence-electron chi connectivity index (χ2n) is 4.43. The predicted molar refractivity (Wildman–Crippen MR) is 65.7 cm³/mol. The minimum absolute atomic E-state index is 0.106. The molecule has 1 aliphatic heterocycles. The maximum absolute atomic E-state index is 11.8. The number of methoxy groups -OCH3 is 1. The van der Waals surface area contributed by atoms with Gasteiger partial charge in [-0.15, -0.1) is 11.6 Å². The van der Waals surface area contributed by atoms with Crippen LogP contribution in [0.15, 0.2) is 0 Å². The fraction of sp³-hybridized carbons (Fsp3) is 0.917. The summed E-state index contributed by atoms with van der Waals surface area (Å²) < 4.78 is 5.07. The number of halogens is 1. The summed E-state index contributed by atoms with van der Waals surface area (Å²) in [5, 5.41) is -0.337. The maximum atomic E-state index is 11.8. The minimum atomic E-state index is -0.337. The smallest absolute Gasteiger partial charge is 0.240 e. The third-order valence-corrected chi connectivity index (χ3v) is 3.78. The Morgan fingerprint density at radius 3 is 2.62 bits per heavy atom. The standard InChI is InChI=1S/C12H22ClNO2/c1-3-11(13)12(15)14-7-4-10(5-8-14)6-9-16-2/h10-11H,3-9H2,1-2H3/t11-/m1/s1. The molecular formula is C12H22ClNO2. The van der Waals surface area contributed by atoms with E-state index >= 15 is 0 Å². The Hall–Kier alpha value is -0.280. The average Bonchev–Trinajstić information content (AvgIpc) is 2.35. The molecule has 1 amide bonds. The number of alkyl halides is 1.